The third kappa shape index (κ3) is 5.02. The Hall–Kier alpha value is -1.59. The van der Waals surface area contributed by atoms with Crippen molar-refractivity contribution in [2.24, 2.45) is 0 Å². The van der Waals surface area contributed by atoms with E-state index in [1.165, 1.54) is 0 Å². The van der Waals surface area contributed by atoms with Crippen molar-refractivity contribution in [1.82, 2.24) is 0 Å². The lowest BCUT2D eigenvalue weighted by atomic mass is 10.0. The van der Waals surface area contributed by atoms with Crippen LogP contribution in [-0.4, -0.2) is 27.3 Å². The van der Waals surface area contributed by atoms with Crippen molar-refractivity contribution in [2.45, 2.75) is 25.7 Å². The number of ether oxygens (including phenoxy) is 1. The molecular formula is C21H23Cl2NO2Si. The molecule has 0 fully saturated rings. The molecular weight excluding hydrogens is 397 g/mol. The van der Waals surface area contributed by atoms with E-state index in [-0.39, 0.29) is 12.6 Å². The Bertz CT molecular complexity index is 890. The quantitative estimate of drug-likeness (QED) is 0.317. The van der Waals surface area contributed by atoms with Crippen molar-refractivity contribution < 1.29 is 9.53 Å². The first-order valence-corrected chi connectivity index (χ1v) is 13.4. The molecule has 0 N–H and O–H groups in total. The van der Waals surface area contributed by atoms with Crippen LogP contribution < -0.4 is 4.90 Å². The second-order valence-corrected chi connectivity index (χ2v) is 14.3. The Labute approximate surface area is 171 Å². The first-order chi connectivity index (χ1) is 12.7. The minimum atomic E-state index is -1.17. The van der Waals surface area contributed by atoms with Gasteiger partial charge >= 0.3 is 0 Å². The zero-order chi connectivity index (χ0) is 19.6. The molecule has 0 atom stereocenters. The van der Waals surface area contributed by atoms with Crippen molar-refractivity contribution in [3.05, 3.63) is 63.6 Å². The van der Waals surface area contributed by atoms with Crippen LogP contribution in [0.2, 0.25) is 35.7 Å². The first-order valence-electron chi connectivity index (χ1n) is 8.91. The number of hydrogen-bond acceptors (Lipinski definition) is 2. The van der Waals surface area contributed by atoms with Gasteiger partial charge in [0.05, 0.1) is 5.69 Å². The number of carbonyl (C=O) groups excluding carboxylic acids is 1. The normalized spacial score (nSPS) is 15.5. The second-order valence-electron chi connectivity index (χ2n) is 7.86. The van der Waals surface area contributed by atoms with Crippen LogP contribution in [0.1, 0.15) is 11.1 Å². The number of anilines is 1. The van der Waals surface area contributed by atoms with E-state index in [0.717, 1.165) is 22.9 Å². The molecule has 3 nitrogen and oxygen atoms in total. The molecule has 2 aromatic rings. The summed E-state index contributed by atoms with van der Waals surface area (Å²) in [5.41, 5.74) is 3.15. The zero-order valence-electron chi connectivity index (χ0n) is 15.8. The third-order valence-corrected chi connectivity index (χ3v) is 6.57. The minimum absolute atomic E-state index is 0.0831. The Balaban J connectivity index is 1.86. The van der Waals surface area contributed by atoms with Gasteiger partial charge in [-0.1, -0.05) is 61.0 Å². The van der Waals surface area contributed by atoms with E-state index in [4.69, 9.17) is 27.9 Å². The fourth-order valence-corrected chi connectivity index (χ4v) is 4.01. The van der Waals surface area contributed by atoms with Crippen LogP contribution in [0.25, 0.3) is 11.6 Å². The van der Waals surface area contributed by atoms with Crippen molar-refractivity contribution in [1.29, 1.82) is 0 Å². The lowest BCUT2D eigenvalue weighted by Crippen LogP contribution is -2.30. The second kappa shape index (κ2) is 8.19. The molecule has 1 heterocycles. The van der Waals surface area contributed by atoms with Crippen LogP contribution in [0.15, 0.2) is 42.5 Å². The van der Waals surface area contributed by atoms with Gasteiger partial charge < -0.3 is 4.74 Å². The van der Waals surface area contributed by atoms with E-state index in [1.807, 2.05) is 42.5 Å². The maximum Gasteiger partial charge on any atom is 0.260 e. The molecule has 0 spiro atoms. The van der Waals surface area contributed by atoms with E-state index in [1.54, 1.807) is 11.0 Å². The molecule has 142 valence electrons. The highest BCUT2D eigenvalue weighted by molar-refractivity contribution is 6.76. The van der Waals surface area contributed by atoms with E-state index < -0.39 is 8.07 Å². The smallest absolute Gasteiger partial charge is 0.260 e. The molecule has 2 aromatic carbocycles. The molecule has 1 aliphatic rings. The average molecular weight is 420 g/mol. The first kappa shape index (κ1) is 20.1. The van der Waals surface area contributed by atoms with Crippen molar-refractivity contribution in [2.75, 3.05) is 18.2 Å². The largest absolute Gasteiger partial charge is 0.361 e. The number of fused-ring (bicyclic) bond motifs is 1. The number of carbonyl (C=O) groups is 1. The predicted molar refractivity (Wildman–Crippen MR) is 117 cm³/mol. The zero-order valence-corrected chi connectivity index (χ0v) is 18.3. The fourth-order valence-electron chi connectivity index (χ4n) is 2.89. The van der Waals surface area contributed by atoms with Crippen LogP contribution in [-0.2, 0) is 9.53 Å². The highest BCUT2D eigenvalue weighted by Gasteiger charge is 2.32. The highest BCUT2D eigenvalue weighted by Crippen LogP contribution is 2.39. The summed E-state index contributed by atoms with van der Waals surface area (Å²) in [6.07, 6.45) is 1.86. The predicted octanol–water partition coefficient (Wildman–Crippen LogP) is 6.19. The van der Waals surface area contributed by atoms with Gasteiger partial charge in [0.1, 0.15) is 6.73 Å². The Morgan fingerprint density at radius 1 is 1.07 bits per heavy atom. The van der Waals surface area contributed by atoms with Gasteiger partial charge in [0.15, 0.2) is 0 Å². The average Bonchev–Trinajstić information content (AvgIpc) is 2.82. The molecule has 27 heavy (non-hydrogen) atoms. The lowest BCUT2D eigenvalue weighted by Gasteiger charge is -2.20. The standard InChI is InChI=1S/C21H23Cl2NO2Si/c1-27(2,3)10-9-26-14-24-20-13-17(23)7-8-18(20)19(21(24)25)12-15-5-4-6-16(22)11-15/h4-8,11-13H,9-10,14H2,1-3H3. The van der Waals surface area contributed by atoms with Crippen molar-refractivity contribution in [3.8, 4) is 0 Å². The molecule has 0 radical (unpaired) electrons. The number of benzene rings is 2. The van der Waals surface area contributed by atoms with E-state index in [9.17, 15) is 4.79 Å². The van der Waals surface area contributed by atoms with Crippen molar-refractivity contribution in [3.63, 3.8) is 0 Å². The van der Waals surface area contributed by atoms with Gasteiger partial charge in [0.2, 0.25) is 0 Å². The Kier molecular flexibility index (Phi) is 6.11. The van der Waals surface area contributed by atoms with E-state index >= 15 is 0 Å². The number of halogens is 2. The van der Waals surface area contributed by atoms with Crippen LogP contribution in [0.3, 0.4) is 0 Å². The van der Waals surface area contributed by atoms with Crippen molar-refractivity contribution >= 4 is 54.5 Å². The van der Waals surface area contributed by atoms with Gasteiger partial charge in [-0.25, -0.2) is 0 Å². The maximum atomic E-state index is 13.1. The maximum absolute atomic E-state index is 13.1. The number of nitrogens with zero attached hydrogens (tertiary/aromatic N) is 1. The summed E-state index contributed by atoms with van der Waals surface area (Å²) in [7, 11) is -1.17. The molecule has 0 unspecified atom stereocenters. The number of amides is 1. The molecule has 1 amide bonds. The number of hydrogen-bond donors (Lipinski definition) is 0. The lowest BCUT2D eigenvalue weighted by molar-refractivity contribution is -0.114. The summed E-state index contributed by atoms with van der Waals surface area (Å²) < 4.78 is 5.83. The molecule has 0 saturated heterocycles. The molecule has 3 rings (SSSR count). The van der Waals surface area contributed by atoms with Crippen LogP contribution >= 0.6 is 23.2 Å². The molecule has 0 bridgehead atoms. The Morgan fingerprint density at radius 2 is 1.81 bits per heavy atom. The third-order valence-electron chi connectivity index (χ3n) is 4.39. The Morgan fingerprint density at radius 3 is 2.52 bits per heavy atom. The van der Waals surface area contributed by atoms with Gasteiger partial charge in [0.25, 0.3) is 5.91 Å². The summed E-state index contributed by atoms with van der Waals surface area (Å²) in [5.74, 6) is -0.0831. The SMILES string of the molecule is C[Si](C)(C)CCOCN1C(=O)C(=Cc2cccc(Cl)c2)c2ccc(Cl)cc21. The summed E-state index contributed by atoms with van der Waals surface area (Å²) in [4.78, 5) is 14.7. The van der Waals surface area contributed by atoms with Gasteiger partial charge in [-0.3, -0.25) is 9.69 Å². The van der Waals surface area contributed by atoms with Gasteiger partial charge in [0, 0.05) is 35.9 Å². The molecule has 6 heteroatoms. The van der Waals surface area contributed by atoms with Gasteiger partial charge in [-0.2, -0.15) is 0 Å². The summed E-state index contributed by atoms with van der Waals surface area (Å²) in [5, 5.41) is 1.23. The van der Waals surface area contributed by atoms with Crippen LogP contribution in [0.4, 0.5) is 5.69 Å². The van der Waals surface area contributed by atoms with Crippen LogP contribution in [0.5, 0.6) is 0 Å². The van der Waals surface area contributed by atoms with E-state index in [2.05, 4.69) is 19.6 Å². The van der Waals surface area contributed by atoms with Crippen LogP contribution in [0, 0.1) is 0 Å². The molecule has 0 aromatic heterocycles. The highest BCUT2D eigenvalue weighted by atomic mass is 35.5. The molecule has 0 aliphatic carbocycles. The summed E-state index contributed by atoms with van der Waals surface area (Å²) in [6.45, 7) is 7.79. The summed E-state index contributed by atoms with van der Waals surface area (Å²) >= 11 is 12.3. The fraction of sp³-hybridized carbons (Fsp3) is 0.286. The molecule has 1 aliphatic heterocycles. The topological polar surface area (TPSA) is 29.5 Å². The number of rotatable bonds is 6. The van der Waals surface area contributed by atoms with Gasteiger partial charge in [-0.15, -0.1) is 0 Å². The van der Waals surface area contributed by atoms with E-state index in [0.29, 0.717) is 22.2 Å². The monoisotopic (exact) mass is 419 g/mol. The van der Waals surface area contributed by atoms with Gasteiger partial charge in [-0.05, 0) is 41.9 Å². The minimum Gasteiger partial charge on any atom is -0.361 e. The molecule has 0 saturated carbocycles. The summed E-state index contributed by atoms with van der Waals surface area (Å²) in [6, 6.07) is 14.0.